The van der Waals surface area contributed by atoms with E-state index in [0.29, 0.717) is 30.6 Å². The summed E-state index contributed by atoms with van der Waals surface area (Å²) < 4.78 is 11.6. The summed E-state index contributed by atoms with van der Waals surface area (Å²) in [4.78, 5) is 12.3. The first-order valence-electron chi connectivity index (χ1n) is 10.1. The molecular formula is C25H28N2O3. The molecule has 156 valence electrons. The van der Waals surface area contributed by atoms with Gasteiger partial charge in [0.1, 0.15) is 18.1 Å². The van der Waals surface area contributed by atoms with Crippen LogP contribution in [0.4, 0.5) is 11.4 Å². The molecule has 0 fully saturated rings. The summed E-state index contributed by atoms with van der Waals surface area (Å²) in [6.07, 6.45) is 0. The van der Waals surface area contributed by atoms with E-state index in [1.807, 2.05) is 78.9 Å². The smallest absolute Gasteiger partial charge is 0.243 e. The molecule has 0 unspecified atom stereocenters. The molecule has 2 N–H and O–H groups in total. The molecule has 0 aliphatic carbocycles. The third-order valence-electron chi connectivity index (χ3n) is 4.29. The highest BCUT2D eigenvalue weighted by Gasteiger charge is 2.08. The summed E-state index contributed by atoms with van der Waals surface area (Å²) >= 11 is 0. The van der Waals surface area contributed by atoms with Crippen molar-refractivity contribution < 1.29 is 14.3 Å². The Kier molecular flexibility index (Phi) is 7.72. The molecule has 30 heavy (non-hydrogen) atoms. The maximum absolute atomic E-state index is 12.3. The van der Waals surface area contributed by atoms with Gasteiger partial charge in [0.05, 0.1) is 18.8 Å². The second-order valence-electron chi connectivity index (χ2n) is 7.40. The van der Waals surface area contributed by atoms with E-state index in [2.05, 4.69) is 24.5 Å². The maximum Gasteiger partial charge on any atom is 0.243 e. The van der Waals surface area contributed by atoms with E-state index in [4.69, 9.17) is 9.47 Å². The van der Waals surface area contributed by atoms with Gasteiger partial charge in [0.25, 0.3) is 0 Å². The Labute approximate surface area is 178 Å². The van der Waals surface area contributed by atoms with E-state index in [9.17, 15) is 4.79 Å². The molecule has 0 atom stereocenters. The van der Waals surface area contributed by atoms with E-state index in [0.717, 1.165) is 17.0 Å². The predicted molar refractivity (Wildman–Crippen MR) is 121 cm³/mol. The molecule has 3 aromatic rings. The lowest BCUT2D eigenvalue weighted by Crippen LogP contribution is -2.22. The lowest BCUT2D eigenvalue weighted by molar-refractivity contribution is -0.114. The van der Waals surface area contributed by atoms with Gasteiger partial charge < -0.3 is 20.1 Å². The molecule has 0 saturated heterocycles. The zero-order valence-corrected chi connectivity index (χ0v) is 17.4. The van der Waals surface area contributed by atoms with Crippen molar-refractivity contribution in [1.82, 2.24) is 0 Å². The van der Waals surface area contributed by atoms with Crippen LogP contribution in [0.25, 0.3) is 0 Å². The number of anilines is 2. The normalized spacial score (nSPS) is 10.5. The van der Waals surface area contributed by atoms with Gasteiger partial charge in [-0.05, 0) is 47.9 Å². The number of rotatable bonds is 10. The van der Waals surface area contributed by atoms with Gasteiger partial charge in [-0.1, -0.05) is 56.3 Å². The fraction of sp³-hybridized carbons (Fsp3) is 0.240. The summed E-state index contributed by atoms with van der Waals surface area (Å²) in [5.41, 5.74) is 2.64. The molecular weight excluding hydrogens is 376 g/mol. The van der Waals surface area contributed by atoms with Crippen molar-refractivity contribution in [3.63, 3.8) is 0 Å². The first-order valence-corrected chi connectivity index (χ1v) is 10.1. The Hall–Kier alpha value is -3.47. The minimum absolute atomic E-state index is 0.139. The summed E-state index contributed by atoms with van der Waals surface area (Å²) in [7, 11) is 0. The molecule has 0 aliphatic heterocycles. The number of carbonyl (C=O) groups is 1. The minimum atomic E-state index is -0.139. The molecule has 0 aromatic heterocycles. The van der Waals surface area contributed by atoms with Crippen molar-refractivity contribution in [3.8, 4) is 11.5 Å². The maximum atomic E-state index is 12.3. The van der Waals surface area contributed by atoms with E-state index < -0.39 is 0 Å². The molecule has 0 saturated carbocycles. The topological polar surface area (TPSA) is 59.6 Å². The lowest BCUT2D eigenvalue weighted by atomic mass is 10.2. The second kappa shape index (κ2) is 10.9. The number of amides is 1. The summed E-state index contributed by atoms with van der Waals surface area (Å²) in [6, 6.07) is 25.1. The van der Waals surface area contributed by atoms with Crippen LogP contribution in [0.5, 0.6) is 11.5 Å². The summed E-state index contributed by atoms with van der Waals surface area (Å²) in [6.45, 7) is 5.45. The highest BCUT2D eigenvalue weighted by molar-refractivity contribution is 5.95. The zero-order valence-electron chi connectivity index (χ0n) is 17.4. The Balaban J connectivity index is 1.47. The van der Waals surface area contributed by atoms with Crippen LogP contribution in [-0.4, -0.2) is 19.1 Å². The highest BCUT2D eigenvalue weighted by Crippen LogP contribution is 2.24. The van der Waals surface area contributed by atoms with Crippen LogP contribution in [0, 0.1) is 5.92 Å². The van der Waals surface area contributed by atoms with Crippen LogP contribution in [0.2, 0.25) is 0 Å². The van der Waals surface area contributed by atoms with Crippen LogP contribution in [0.15, 0.2) is 78.9 Å². The molecule has 3 aromatic carbocycles. The van der Waals surface area contributed by atoms with E-state index >= 15 is 0 Å². The van der Waals surface area contributed by atoms with E-state index in [1.54, 1.807) is 0 Å². The van der Waals surface area contributed by atoms with Crippen LogP contribution in [-0.2, 0) is 11.4 Å². The number of benzene rings is 3. The average molecular weight is 405 g/mol. The van der Waals surface area contributed by atoms with Gasteiger partial charge >= 0.3 is 0 Å². The monoisotopic (exact) mass is 404 g/mol. The molecule has 5 nitrogen and oxygen atoms in total. The highest BCUT2D eigenvalue weighted by atomic mass is 16.5. The predicted octanol–water partition coefficient (Wildman–Crippen LogP) is 5.35. The molecule has 0 bridgehead atoms. The fourth-order valence-corrected chi connectivity index (χ4v) is 2.74. The SMILES string of the molecule is CC(C)COc1ccccc1NC(=O)CNc1ccc(OCc2ccccc2)cc1. The molecule has 0 aliphatic rings. The summed E-state index contributed by atoms with van der Waals surface area (Å²) in [5, 5.41) is 6.03. The van der Waals surface area contributed by atoms with Crippen molar-refractivity contribution in [2.75, 3.05) is 23.8 Å². The standard InChI is InChI=1S/C25H28N2O3/c1-19(2)17-30-24-11-7-6-10-23(24)27-25(28)16-26-21-12-14-22(15-13-21)29-18-20-8-4-3-5-9-20/h3-15,19,26H,16-18H2,1-2H3,(H,27,28). The number of hydrogen-bond donors (Lipinski definition) is 2. The van der Waals surface area contributed by atoms with Gasteiger partial charge in [-0.15, -0.1) is 0 Å². The number of nitrogens with one attached hydrogen (secondary N) is 2. The second-order valence-corrected chi connectivity index (χ2v) is 7.40. The zero-order chi connectivity index (χ0) is 21.2. The molecule has 0 radical (unpaired) electrons. The lowest BCUT2D eigenvalue weighted by Gasteiger charge is -2.14. The Morgan fingerprint density at radius 2 is 1.57 bits per heavy atom. The third-order valence-corrected chi connectivity index (χ3v) is 4.29. The quantitative estimate of drug-likeness (QED) is 0.478. The Morgan fingerprint density at radius 3 is 2.30 bits per heavy atom. The van der Waals surface area contributed by atoms with Crippen LogP contribution in [0.3, 0.4) is 0 Å². The van der Waals surface area contributed by atoms with Gasteiger partial charge in [0.2, 0.25) is 5.91 Å². The minimum Gasteiger partial charge on any atom is -0.491 e. The van der Waals surface area contributed by atoms with E-state index in [-0.39, 0.29) is 12.5 Å². The first-order chi connectivity index (χ1) is 14.6. The first kappa shape index (κ1) is 21.2. The molecule has 1 amide bonds. The average Bonchev–Trinajstić information content (AvgIpc) is 2.77. The van der Waals surface area contributed by atoms with Gasteiger partial charge in [0.15, 0.2) is 0 Å². The van der Waals surface area contributed by atoms with Crippen molar-refractivity contribution in [3.05, 3.63) is 84.4 Å². The van der Waals surface area contributed by atoms with Crippen LogP contribution >= 0.6 is 0 Å². The van der Waals surface area contributed by atoms with Gasteiger partial charge in [-0.2, -0.15) is 0 Å². The van der Waals surface area contributed by atoms with Gasteiger partial charge in [0, 0.05) is 5.69 Å². The Bertz CT molecular complexity index is 925. The van der Waals surface area contributed by atoms with Crippen molar-refractivity contribution >= 4 is 17.3 Å². The van der Waals surface area contributed by atoms with Gasteiger partial charge in [-0.25, -0.2) is 0 Å². The van der Waals surface area contributed by atoms with Crippen molar-refractivity contribution in [2.24, 2.45) is 5.92 Å². The van der Waals surface area contributed by atoms with E-state index in [1.165, 1.54) is 0 Å². The fourth-order valence-electron chi connectivity index (χ4n) is 2.74. The van der Waals surface area contributed by atoms with Gasteiger partial charge in [-0.3, -0.25) is 4.79 Å². The largest absolute Gasteiger partial charge is 0.491 e. The van der Waals surface area contributed by atoms with Crippen molar-refractivity contribution in [1.29, 1.82) is 0 Å². The summed E-state index contributed by atoms with van der Waals surface area (Å²) in [5.74, 6) is 1.74. The van der Waals surface area contributed by atoms with Crippen molar-refractivity contribution in [2.45, 2.75) is 20.5 Å². The molecule has 3 rings (SSSR count). The van der Waals surface area contributed by atoms with Crippen LogP contribution in [0.1, 0.15) is 19.4 Å². The number of ether oxygens (including phenoxy) is 2. The molecule has 0 spiro atoms. The number of hydrogen-bond acceptors (Lipinski definition) is 4. The third kappa shape index (κ3) is 6.85. The molecule has 0 heterocycles. The molecule has 5 heteroatoms. The number of para-hydroxylation sites is 2. The Morgan fingerprint density at radius 1 is 0.867 bits per heavy atom. The number of carbonyl (C=O) groups excluding carboxylic acids is 1. The van der Waals surface area contributed by atoms with Crippen LogP contribution < -0.4 is 20.1 Å².